The van der Waals surface area contributed by atoms with E-state index in [1.165, 1.54) is 6.33 Å². The zero-order valence-electron chi connectivity index (χ0n) is 4.50. The summed E-state index contributed by atoms with van der Waals surface area (Å²) in [5.74, 6) is 5.65. The van der Waals surface area contributed by atoms with Crippen molar-refractivity contribution in [3.8, 4) is 0 Å². The Bertz CT molecular complexity index is 202. The molecular weight excluding hydrogens is 184 g/mol. The molecule has 1 heterocycles. The van der Waals surface area contributed by atoms with Crippen molar-refractivity contribution in [2.45, 2.75) is 0 Å². The molecule has 3 N–H and O–H groups in total. The van der Waals surface area contributed by atoms with Crippen LogP contribution in [-0.2, 0) is 0 Å². The van der Waals surface area contributed by atoms with Crippen molar-refractivity contribution in [2.75, 3.05) is 5.43 Å². The van der Waals surface area contributed by atoms with Gasteiger partial charge in [-0.1, -0.05) is 0 Å². The Labute approximate surface area is 60.6 Å². The van der Waals surface area contributed by atoms with Gasteiger partial charge >= 0.3 is 0 Å². The fraction of sp³-hybridized carbons (Fsp3) is 0. The van der Waals surface area contributed by atoms with Gasteiger partial charge in [0.1, 0.15) is 16.7 Å². The van der Waals surface area contributed by atoms with Gasteiger partial charge in [0.15, 0.2) is 0 Å². The molecule has 4 nitrogen and oxygen atoms in total. The topological polar surface area (TPSA) is 63.8 Å². The summed E-state index contributed by atoms with van der Waals surface area (Å²) in [6, 6.07) is 1.68. The second-order valence-corrected chi connectivity index (χ2v) is 2.18. The summed E-state index contributed by atoms with van der Waals surface area (Å²) in [6.07, 6.45) is 1.42. The Balaban J connectivity index is 2.94. The number of nitrogens with zero attached hydrogens (tertiary/aromatic N) is 2. The number of rotatable bonds is 1. The van der Waals surface area contributed by atoms with Crippen LogP contribution in [0, 0.1) is 0 Å². The SMILES string of the molecule is NNc1cc(Br)ncn1. The van der Waals surface area contributed by atoms with Crippen LogP contribution in [-0.4, -0.2) is 9.97 Å². The fourth-order valence-electron chi connectivity index (χ4n) is 0.413. The van der Waals surface area contributed by atoms with Gasteiger partial charge in [-0.05, 0) is 15.9 Å². The number of hydrogen-bond donors (Lipinski definition) is 2. The Kier molecular flexibility index (Phi) is 1.96. The van der Waals surface area contributed by atoms with Crippen molar-refractivity contribution in [2.24, 2.45) is 5.84 Å². The fourth-order valence-corrected chi connectivity index (χ4v) is 0.721. The van der Waals surface area contributed by atoms with Gasteiger partial charge in [-0.25, -0.2) is 15.8 Å². The lowest BCUT2D eigenvalue weighted by Gasteiger charge is -1.95. The van der Waals surface area contributed by atoms with Gasteiger partial charge in [0, 0.05) is 6.07 Å². The van der Waals surface area contributed by atoms with E-state index in [4.69, 9.17) is 5.84 Å². The molecule has 0 fully saturated rings. The predicted octanol–water partition coefficient (Wildman–Crippen LogP) is 0.525. The number of nitrogen functional groups attached to an aromatic ring is 1. The number of nitrogens with one attached hydrogen (secondary N) is 1. The third-order valence-corrected chi connectivity index (χ3v) is 1.22. The predicted molar refractivity (Wildman–Crippen MR) is 37.5 cm³/mol. The van der Waals surface area contributed by atoms with Crippen LogP contribution in [0.4, 0.5) is 5.82 Å². The van der Waals surface area contributed by atoms with Crippen LogP contribution in [0.3, 0.4) is 0 Å². The van der Waals surface area contributed by atoms with E-state index in [9.17, 15) is 0 Å². The molecule has 0 atom stereocenters. The van der Waals surface area contributed by atoms with Gasteiger partial charge in [-0.15, -0.1) is 0 Å². The molecule has 9 heavy (non-hydrogen) atoms. The third-order valence-electron chi connectivity index (χ3n) is 0.782. The molecule has 1 aromatic rings. The smallest absolute Gasteiger partial charge is 0.144 e. The molecule has 0 radical (unpaired) electrons. The Morgan fingerprint density at radius 3 is 2.78 bits per heavy atom. The monoisotopic (exact) mass is 188 g/mol. The maximum atomic E-state index is 5.06. The number of aromatic nitrogens is 2. The van der Waals surface area contributed by atoms with E-state index in [-0.39, 0.29) is 0 Å². The molecule has 0 saturated heterocycles. The van der Waals surface area contributed by atoms with Crippen LogP contribution < -0.4 is 11.3 Å². The van der Waals surface area contributed by atoms with Gasteiger partial charge in [0.25, 0.3) is 0 Å². The first kappa shape index (κ1) is 6.44. The molecule has 1 aromatic heterocycles. The van der Waals surface area contributed by atoms with Crippen molar-refractivity contribution >= 4 is 21.7 Å². The minimum absolute atomic E-state index is 0.594. The molecule has 1 rings (SSSR count). The van der Waals surface area contributed by atoms with Crippen LogP contribution in [0.25, 0.3) is 0 Å². The van der Waals surface area contributed by atoms with E-state index in [0.29, 0.717) is 10.4 Å². The van der Waals surface area contributed by atoms with Crippen molar-refractivity contribution in [3.63, 3.8) is 0 Å². The number of hydrazine groups is 1. The molecule has 0 spiro atoms. The van der Waals surface area contributed by atoms with Crippen LogP contribution in [0.2, 0.25) is 0 Å². The number of halogens is 1. The van der Waals surface area contributed by atoms with E-state index in [2.05, 4.69) is 31.3 Å². The maximum absolute atomic E-state index is 5.06. The highest BCUT2D eigenvalue weighted by Crippen LogP contribution is 2.07. The largest absolute Gasteiger partial charge is 0.308 e. The Hall–Kier alpha value is -0.680. The quantitative estimate of drug-likeness (QED) is 0.384. The second kappa shape index (κ2) is 2.75. The molecular formula is C4H5BrN4. The third kappa shape index (κ3) is 1.62. The molecule has 0 bridgehead atoms. The highest BCUT2D eigenvalue weighted by molar-refractivity contribution is 9.10. The highest BCUT2D eigenvalue weighted by Gasteiger charge is 1.89. The summed E-state index contributed by atoms with van der Waals surface area (Å²) in [5.41, 5.74) is 2.39. The Morgan fingerprint density at radius 2 is 2.33 bits per heavy atom. The molecule has 5 heteroatoms. The first-order chi connectivity index (χ1) is 4.33. The minimum Gasteiger partial charge on any atom is -0.308 e. The van der Waals surface area contributed by atoms with Gasteiger partial charge < -0.3 is 5.43 Å². The van der Waals surface area contributed by atoms with Crippen molar-refractivity contribution < 1.29 is 0 Å². The van der Waals surface area contributed by atoms with Crippen LogP contribution >= 0.6 is 15.9 Å². The zero-order chi connectivity index (χ0) is 6.69. The van der Waals surface area contributed by atoms with E-state index >= 15 is 0 Å². The lowest BCUT2D eigenvalue weighted by Crippen LogP contribution is -2.08. The molecule has 0 aromatic carbocycles. The van der Waals surface area contributed by atoms with E-state index in [1.54, 1.807) is 6.07 Å². The summed E-state index contributed by atoms with van der Waals surface area (Å²) in [6.45, 7) is 0. The molecule has 0 amide bonds. The van der Waals surface area contributed by atoms with Gasteiger partial charge in [-0.2, -0.15) is 0 Å². The van der Waals surface area contributed by atoms with E-state index in [1.807, 2.05) is 0 Å². The molecule has 0 unspecified atom stereocenters. The summed E-state index contributed by atoms with van der Waals surface area (Å²) in [7, 11) is 0. The molecule has 48 valence electrons. The molecule has 0 aliphatic rings. The molecule has 0 aliphatic carbocycles. The standard InChI is InChI=1S/C4H5BrN4/c5-3-1-4(9-6)8-2-7-3/h1-2H,6H2,(H,7,8,9). The highest BCUT2D eigenvalue weighted by atomic mass is 79.9. The average molecular weight is 189 g/mol. The second-order valence-electron chi connectivity index (χ2n) is 1.37. The number of hydrogen-bond acceptors (Lipinski definition) is 4. The summed E-state index contributed by atoms with van der Waals surface area (Å²) in [5, 5.41) is 0. The minimum atomic E-state index is 0.594. The van der Waals surface area contributed by atoms with Gasteiger partial charge in [0.05, 0.1) is 0 Å². The van der Waals surface area contributed by atoms with Crippen molar-refractivity contribution in [1.82, 2.24) is 9.97 Å². The summed E-state index contributed by atoms with van der Waals surface area (Å²) >= 11 is 3.16. The van der Waals surface area contributed by atoms with E-state index in [0.717, 1.165) is 0 Å². The van der Waals surface area contributed by atoms with Crippen LogP contribution in [0.15, 0.2) is 17.0 Å². The average Bonchev–Trinajstić information content (AvgIpc) is 1.88. The maximum Gasteiger partial charge on any atom is 0.144 e. The molecule has 0 aliphatic heterocycles. The lowest BCUT2D eigenvalue weighted by atomic mass is 10.6. The zero-order valence-corrected chi connectivity index (χ0v) is 6.09. The van der Waals surface area contributed by atoms with Gasteiger partial charge in [-0.3, -0.25) is 0 Å². The van der Waals surface area contributed by atoms with Gasteiger partial charge in [0.2, 0.25) is 0 Å². The summed E-state index contributed by atoms with van der Waals surface area (Å²) < 4.78 is 0.713. The normalized spacial score (nSPS) is 9.11. The van der Waals surface area contributed by atoms with E-state index < -0.39 is 0 Å². The number of nitrogens with two attached hydrogens (primary N) is 1. The first-order valence-electron chi connectivity index (χ1n) is 2.27. The Morgan fingerprint density at radius 1 is 1.56 bits per heavy atom. The summed E-state index contributed by atoms with van der Waals surface area (Å²) in [4.78, 5) is 7.58. The number of anilines is 1. The van der Waals surface area contributed by atoms with Crippen LogP contribution in [0.5, 0.6) is 0 Å². The van der Waals surface area contributed by atoms with Crippen LogP contribution in [0.1, 0.15) is 0 Å². The molecule has 0 saturated carbocycles. The van der Waals surface area contributed by atoms with Crippen molar-refractivity contribution in [1.29, 1.82) is 0 Å². The first-order valence-corrected chi connectivity index (χ1v) is 3.06. The lowest BCUT2D eigenvalue weighted by molar-refractivity contribution is 1.12. The van der Waals surface area contributed by atoms with Crippen molar-refractivity contribution in [3.05, 3.63) is 17.0 Å².